The monoisotopic (exact) mass is 684 g/mol. The van der Waals surface area contributed by atoms with Gasteiger partial charge in [0.15, 0.2) is 17.3 Å². The summed E-state index contributed by atoms with van der Waals surface area (Å²) in [5.74, 6) is -1.83. The minimum absolute atomic E-state index is 0.116. The molecule has 0 bridgehead atoms. The van der Waals surface area contributed by atoms with Crippen LogP contribution in [0.3, 0.4) is 0 Å². The minimum atomic E-state index is -0.982. The Morgan fingerprint density at radius 2 is 1.42 bits per heavy atom. The number of carbonyl (C=O) groups excluding carboxylic acids is 3. The fourth-order valence-electron chi connectivity index (χ4n) is 3.60. The molecule has 3 aromatic carbocycles. The summed E-state index contributed by atoms with van der Waals surface area (Å²) in [6, 6.07) is 16.5. The third-order valence-electron chi connectivity index (χ3n) is 6.27. The number of nitrogens with two attached hydrogens (primary N) is 1. The van der Waals surface area contributed by atoms with Crippen LogP contribution in [0.5, 0.6) is 11.5 Å². The lowest BCUT2D eigenvalue weighted by atomic mass is 9.97. The van der Waals surface area contributed by atoms with Gasteiger partial charge in [0.25, 0.3) is 0 Å². The number of esters is 2. The first-order valence-corrected chi connectivity index (χ1v) is 14.9. The highest BCUT2D eigenvalue weighted by Gasteiger charge is 2.28. The van der Waals surface area contributed by atoms with Crippen LogP contribution in [-0.4, -0.2) is 47.5 Å². The summed E-state index contributed by atoms with van der Waals surface area (Å²) >= 11 is 3.30. The predicted octanol–water partition coefficient (Wildman–Crippen LogP) is 5.73. The van der Waals surface area contributed by atoms with E-state index >= 15 is 0 Å². The highest BCUT2D eigenvalue weighted by molar-refractivity contribution is 9.10. The fourth-order valence-corrected chi connectivity index (χ4v) is 3.86. The number of carboxylic acid groups (broad SMARTS) is 1. The van der Waals surface area contributed by atoms with Gasteiger partial charge in [-0.05, 0) is 102 Å². The summed E-state index contributed by atoms with van der Waals surface area (Å²) in [5.41, 5.74) is 6.55. The van der Waals surface area contributed by atoms with Crippen molar-refractivity contribution in [1.29, 1.82) is 0 Å². The van der Waals surface area contributed by atoms with Crippen molar-refractivity contribution in [2.75, 3.05) is 19.3 Å². The summed E-state index contributed by atoms with van der Waals surface area (Å²) in [7, 11) is 1.73. The Morgan fingerprint density at radius 1 is 0.867 bits per heavy atom. The molecule has 0 spiro atoms. The molecule has 10 nitrogen and oxygen atoms in total. The molecule has 0 radical (unpaired) electrons. The van der Waals surface area contributed by atoms with E-state index in [0.717, 1.165) is 4.47 Å². The van der Waals surface area contributed by atoms with Crippen molar-refractivity contribution in [2.45, 2.75) is 54.1 Å². The zero-order valence-electron chi connectivity index (χ0n) is 26.6. The van der Waals surface area contributed by atoms with Crippen LogP contribution in [0, 0.1) is 10.8 Å². The number of carboxylic acids is 1. The zero-order chi connectivity index (χ0) is 34.1. The molecule has 0 amide bonds. The highest BCUT2D eigenvalue weighted by atomic mass is 79.9. The number of rotatable bonds is 9. The number of ketones is 1. The van der Waals surface area contributed by atoms with Gasteiger partial charge in [0.1, 0.15) is 0 Å². The standard InChI is InChI=1S/C19H29NO5.C15H12BrNO3/c1-18(2,3)16(22)24-14-9-8-12(13(21)11-20-7)10-15(14)25-17(23)19(4,5)6;16-11-6-4-9(5-7-11)15(20)12-3-1-2-10(14(12)17)8-13(18)19/h8-10,13,20-21H,11H2,1-7H3;1-7H,8,17H2,(H,18,19). The molecule has 0 aromatic heterocycles. The molecule has 0 aliphatic rings. The van der Waals surface area contributed by atoms with Crippen LogP contribution in [0.15, 0.2) is 65.1 Å². The second-order valence-corrected chi connectivity index (χ2v) is 13.3. The van der Waals surface area contributed by atoms with E-state index in [-0.39, 0.29) is 29.4 Å². The van der Waals surface area contributed by atoms with Crippen molar-refractivity contribution in [2.24, 2.45) is 10.8 Å². The van der Waals surface area contributed by atoms with Crippen LogP contribution in [0.2, 0.25) is 0 Å². The highest BCUT2D eigenvalue weighted by Crippen LogP contribution is 2.34. The van der Waals surface area contributed by atoms with E-state index in [0.29, 0.717) is 28.8 Å². The van der Waals surface area contributed by atoms with E-state index in [1.807, 2.05) is 0 Å². The molecule has 1 unspecified atom stereocenters. The van der Waals surface area contributed by atoms with Gasteiger partial charge in [-0.1, -0.05) is 34.1 Å². The molecule has 242 valence electrons. The predicted molar refractivity (Wildman–Crippen MR) is 175 cm³/mol. The third-order valence-corrected chi connectivity index (χ3v) is 6.80. The molecule has 0 heterocycles. The van der Waals surface area contributed by atoms with Gasteiger partial charge in [-0.15, -0.1) is 0 Å². The number of nitrogen functional groups attached to an aromatic ring is 1. The van der Waals surface area contributed by atoms with E-state index in [1.165, 1.54) is 12.1 Å². The van der Waals surface area contributed by atoms with Gasteiger partial charge in [-0.2, -0.15) is 0 Å². The van der Waals surface area contributed by atoms with Crippen LogP contribution in [0.4, 0.5) is 5.69 Å². The Hall–Kier alpha value is -4.06. The maximum absolute atomic E-state index is 12.4. The number of hydrogen-bond acceptors (Lipinski definition) is 9. The SMILES string of the molecule is CNCC(O)c1ccc(OC(=O)C(C)(C)C)c(OC(=O)C(C)(C)C)c1.Nc1c(CC(=O)O)cccc1C(=O)c1ccc(Br)cc1. The summed E-state index contributed by atoms with van der Waals surface area (Å²) in [5, 5.41) is 21.8. The van der Waals surface area contributed by atoms with E-state index in [9.17, 15) is 24.3 Å². The van der Waals surface area contributed by atoms with Gasteiger partial charge in [0.05, 0.1) is 23.4 Å². The number of halogens is 1. The third kappa shape index (κ3) is 11.1. The molecular weight excluding hydrogens is 644 g/mol. The van der Waals surface area contributed by atoms with E-state index in [1.54, 1.807) is 97.1 Å². The molecule has 5 N–H and O–H groups in total. The van der Waals surface area contributed by atoms with Gasteiger partial charge in [0, 0.05) is 27.8 Å². The van der Waals surface area contributed by atoms with Crippen molar-refractivity contribution in [3.05, 3.63) is 87.4 Å². The smallest absolute Gasteiger partial charge is 0.316 e. The Bertz CT molecular complexity index is 1520. The first kappa shape index (κ1) is 37.1. The quantitative estimate of drug-likeness (QED) is 0.0946. The molecule has 3 rings (SSSR count). The number of aliphatic carboxylic acids is 1. The molecule has 45 heavy (non-hydrogen) atoms. The second-order valence-electron chi connectivity index (χ2n) is 12.3. The van der Waals surface area contributed by atoms with Gasteiger partial charge in [0.2, 0.25) is 0 Å². The number of likely N-dealkylation sites (N-methyl/N-ethyl adjacent to an activating group) is 1. The number of benzene rings is 3. The Labute approximate surface area is 272 Å². The Morgan fingerprint density at radius 3 is 1.93 bits per heavy atom. The average Bonchev–Trinajstić information content (AvgIpc) is 2.94. The number of ether oxygens (including phenoxy) is 2. The first-order valence-electron chi connectivity index (χ1n) is 14.2. The largest absolute Gasteiger partial charge is 0.481 e. The second kappa shape index (κ2) is 15.8. The number of hydrogen-bond donors (Lipinski definition) is 4. The van der Waals surface area contributed by atoms with Crippen molar-refractivity contribution >= 4 is 45.3 Å². The zero-order valence-corrected chi connectivity index (χ0v) is 28.2. The van der Waals surface area contributed by atoms with Gasteiger partial charge < -0.3 is 30.7 Å². The summed E-state index contributed by atoms with van der Waals surface area (Å²) in [6.07, 6.45) is -0.975. The Balaban J connectivity index is 0.000000320. The summed E-state index contributed by atoms with van der Waals surface area (Å²) < 4.78 is 11.7. The van der Waals surface area contributed by atoms with Gasteiger partial charge in [-0.3, -0.25) is 19.2 Å². The van der Waals surface area contributed by atoms with Crippen LogP contribution < -0.4 is 20.5 Å². The first-order chi connectivity index (χ1) is 20.8. The van der Waals surface area contributed by atoms with Crippen molar-refractivity contribution in [3.8, 4) is 11.5 Å². The van der Waals surface area contributed by atoms with Crippen LogP contribution in [0.1, 0.15) is 74.7 Å². The lowest BCUT2D eigenvalue weighted by molar-refractivity contribution is -0.145. The molecule has 1 atom stereocenters. The maximum Gasteiger partial charge on any atom is 0.316 e. The Kier molecular flexibility index (Phi) is 13.0. The van der Waals surface area contributed by atoms with Crippen molar-refractivity contribution < 1.29 is 38.9 Å². The molecular formula is C34H41BrN2O8. The van der Waals surface area contributed by atoms with E-state index in [2.05, 4.69) is 21.2 Å². The maximum atomic E-state index is 12.4. The number of aliphatic hydroxyl groups excluding tert-OH is 1. The van der Waals surface area contributed by atoms with Crippen molar-refractivity contribution in [1.82, 2.24) is 5.32 Å². The molecule has 0 aliphatic carbocycles. The average molecular weight is 686 g/mol. The summed E-state index contributed by atoms with van der Waals surface area (Å²) in [6.45, 7) is 10.7. The van der Waals surface area contributed by atoms with Crippen LogP contribution in [0.25, 0.3) is 0 Å². The molecule has 0 fully saturated rings. The lowest BCUT2D eigenvalue weighted by Crippen LogP contribution is -2.28. The van der Waals surface area contributed by atoms with E-state index < -0.39 is 34.8 Å². The molecule has 0 saturated carbocycles. The van der Waals surface area contributed by atoms with E-state index in [4.69, 9.17) is 20.3 Å². The summed E-state index contributed by atoms with van der Waals surface area (Å²) in [4.78, 5) is 47.5. The fraction of sp³-hybridized carbons (Fsp3) is 0.353. The van der Waals surface area contributed by atoms with Crippen molar-refractivity contribution in [3.63, 3.8) is 0 Å². The molecule has 11 heteroatoms. The van der Waals surface area contributed by atoms with Gasteiger partial charge in [-0.25, -0.2) is 0 Å². The number of aliphatic hydroxyl groups is 1. The topological polar surface area (TPSA) is 165 Å². The lowest BCUT2D eigenvalue weighted by Gasteiger charge is -2.21. The number of nitrogens with one attached hydrogen (secondary N) is 1. The minimum Gasteiger partial charge on any atom is -0.481 e. The van der Waals surface area contributed by atoms with Gasteiger partial charge >= 0.3 is 17.9 Å². The molecule has 0 saturated heterocycles. The molecule has 3 aromatic rings. The number of anilines is 1. The van der Waals surface area contributed by atoms with Crippen LogP contribution in [-0.2, 0) is 20.8 Å². The number of carbonyl (C=O) groups is 4. The normalized spacial score (nSPS) is 11.9. The number of para-hydroxylation sites is 1. The molecule has 0 aliphatic heterocycles. The van der Waals surface area contributed by atoms with Crippen LogP contribution >= 0.6 is 15.9 Å².